The maximum absolute atomic E-state index is 10.6. The van der Waals surface area contributed by atoms with Gasteiger partial charge in [0.15, 0.2) is 0 Å². The Kier molecular flexibility index (Phi) is 3.52. The first-order chi connectivity index (χ1) is 6.46. The fourth-order valence-electron chi connectivity index (χ4n) is 2.54. The van der Waals surface area contributed by atoms with Gasteiger partial charge in [-0.05, 0) is 42.6 Å². The average molecular weight is 194 g/mol. The first kappa shape index (κ1) is 11.5. The van der Waals surface area contributed by atoms with E-state index in [1.165, 1.54) is 18.4 Å². The Morgan fingerprint density at radius 2 is 2.07 bits per heavy atom. The Bertz CT molecular complexity index is 236. The summed E-state index contributed by atoms with van der Waals surface area (Å²) in [5.41, 5.74) is 1.76. The Morgan fingerprint density at radius 1 is 1.43 bits per heavy atom. The number of carbonyl (C=O) groups is 1. The second-order valence-electron chi connectivity index (χ2n) is 5.61. The third-order valence-corrected chi connectivity index (χ3v) is 3.38. The molecule has 1 aliphatic rings. The molecule has 0 heterocycles. The number of carbonyl (C=O) groups excluding carboxylic acids is 1. The molecule has 1 unspecified atom stereocenters. The van der Waals surface area contributed by atoms with Crippen molar-refractivity contribution in [2.45, 2.75) is 47.0 Å². The zero-order chi connectivity index (χ0) is 10.8. The van der Waals surface area contributed by atoms with Crippen molar-refractivity contribution in [3.63, 3.8) is 0 Å². The topological polar surface area (TPSA) is 17.1 Å². The van der Waals surface area contributed by atoms with Crippen LogP contribution in [0.4, 0.5) is 0 Å². The molecule has 0 saturated heterocycles. The van der Waals surface area contributed by atoms with E-state index in [-0.39, 0.29) is 0 Å². The molecule has 80 valence electrons. The molecule has 14 heavy (non-hydrogen) atoms. The van der Waals surface area contributed by atoms with E-state index in [0.29, 0.717) is 17.3 Å². The van der Waals surface area contributed by atoms with E-state index in [4.69, 9.17) is 0 Å². The molecule has 1 rings (SSSR count). The van der Waals surface area contributed by atoms with Gasteiger partial charge in [-0.25, -0.2) is 0 Å². The van der Waals surface area contributed by atoms with Gasteiger partial charge >= 0.3 is 0 Å². The fourth-order valence-corrected chi connectivity index (χ4v) is 2.54. The maximum Gasteiger partial charge on any atom is 0.142 e. The van der Waals surface area contributed by atoms with Gasteiger partial charge in [-0.2, -0.15) is 0 Å². The third kappa shape index (κ3) is 2.70. The number of hydrogen-bond donors (Lipinski definition) is 0. The predicted octanol–water partition coefficient (Wildman–Crippen LogP) is 3.59. The fraction of sp³-hybridized carbons (Fsp3) is 0.769. The molecular formula is C13H22O. The number of hydrogen-bond acceptors (Lipinski definition) is 1. The molecule has 1 heteroatoms. The number of rotatable bonds is 2. The van der Waals surface area contributed by atoms with Gasteiger partial charge in [0, 0.05) is 0 Å². The van der Waals surface area contributed by atoms with Gasteiger partial charge in [0.25, 0.3) is 0 Å². The molecular weight excluding hydrogens is 172 g/mol. The van der Waals surface area contributed by atoms with Crippen LogP contribution in [0.15, 0.2) is 11.6 Å². The molecule has 1 fully saturated rings. The highest BCUT2D eigenvalue weighted by atomic mass is 16.1. The molecule has 0 spiro atoms. The molecule has 1 nitrogen and oxygen atoms in total. The molecule has 1 saturated carbocycles. The highest BCUT2D eigenvalue weighted by molar-refractivity contribution is 5.66. The van der Waals surface area contributed by atoms with Crippen LogP contribution >= 0.6 is 0 Å². The van der Waals surface area contributed by atoms with Crippen LogP contribution in [-0.4, -0.2) is 6.29 Å². The van der Waals surface area contributed by atoms with Gasteiger partial charge in [0.2, 0.25) is 0 Å². The lowest BCUT2D eigenvalue weighted by Gasteiger charge is -2.38. The van der Waals surface area contributed by atoms with Crippen LogP contribution in [0.2, 0.25) is 0 Å². The van der Waals surface area contributed by atoms with Crippen molar-refractivity contribution >= 4 is 6.29 Å². The third-order valence-electron chi connectivity index (χ3n) is 3.38. The minimum atomic E-state index is 0.389. The summed E-state index contributed by atoms with van der Waals surface area (Å²) >= 11 is 0. The van der Waals surface area contributed by atoms with E-state index in [2.05, 4.69) is 27.7 Å². The van der Waals surface area contributed by atoms with Crippen molar-refractivity contribution in [3.05, 3.63) is 11.6 Å². The zero-order valence-electron chi connectivity index (χ0n) is 9.84. The van der Waals surface area contributed by atoms with Gasteiger partial charge in [-0.1, -0.05) is 33.3 Å². The van der Waals surface area contributed by atoms with Crippen molar-refractivity contribution in [1.82, 2.24) is 0 Å². The van der Waals surface area contributed by atoms with Gasteiger partial charge in [0.05, 0.1) is 0 Å². The first-order valence-electron chi connectivity index (χ1n) is 5.60. The molecule has 1 aliphatic carbocycles. The molecule has 0 N–H and O–H groups in total. The van der Waals surface area contributed by atoms with Crippen LogP contribution in [0.1, 0.15) is 47.0 Å². The van der Waals surface area contributed by atoms with Gasteiger partial charge in [-0.15, -0.1) is 0 Å². The lowest BCUT2D eigenvalue weighted by Crippen LogP contribution is -2.26. The summed E-state index contributed by atoms with van der Waals surface area (Å²) in [6.07, 6.45) is 6.36. The van der Waals surface area contributed by atoms with E-state index in [1.807, 2.05) is 0 Å². The smallest absolute Gasteiger partial charge is 0.142 e. The van der Waals surface area contributed by atoms with Crippen molar-refractivity contribution in [2.75, 3.05) is 0 Å². The van der Waals surface area contributed by atoms with E-state index in [1.54, 1.807) is 6.08 Å². The van der Waals surface area contributed by atoms with Crippen molar-refractivity contribution in [2.24, 2.45) is 17.3 Å². The van der Waals surface area contributed by atoms with Crippen molar-refractivity contribution < 1.29 is 4.79 Å². The summed E-state index contributed by atoms with van der Waals surface area (Å²) in [5.74, 6) is 1.30. The number of aldehydes is 1. The molecule has 0 bridgehead atoms. The quantitative estimate of drug-likeness (QED) is 0.485. The van der Waals surface area contributed by atoms with Gasteiger partial charge in [0.1, 0.15) is 6.29 Å². The van der Waals surface area contributed by atoms with Crippen LogP contribution in [0.5, 0.6) is 0 Å². The molecule has 0 aromatic carbocycles. The minimum absolute atomic E-state index is 0.389. The van der Waals surface area contributed by atoms with E-state index in [9.17, 15) is 4.79 Å². The Hall–Kier alpha value is -0.590. The minimum Gasteiger partial charge on any atom is -0.299 e. The van der Waals surface area contributed by atoms with Crippen LogP contribution in [0.3, 0.4) is 0 Å². The standard InChI is InChI=1S/C13H22O/c1-10(2)12-5-7-13(3,4)9-11(12)6-8-14/h6,8,10,12H,5,7,9H2,1-4H3/b11-6-. The molecule has 0 aliphatic heterocycles. The van der Waals surface area contributed by atoms with E-state index in [0.717, 1.165) is 12.7 Å². The second-order valence-corrected chi connectivity index (χ2v) is 5.61. The zero-order valence-corrected chi connectivity index (χ0v) is 9.84. The Labute approximate surface area is 87.6 Å². The predicted molar refractivity (Wildman–Crippen MR) is 60.1 cm³/mol. The van der Waals surface area contributed by atoms with Crippen LogP contribution < -0.4 is 0 Å². The van der Waals surface area contributed by atoms with Gasteiger partial charge in [-0.3, -0.25) is 4.79 Å². The SMILES string of the molecule is CC(C)C1CCC(C)(C)C/C1=C/C=O. The monoisotopic (exact) mass is 194 g/mol. The molecule has 0 radical (unpaired) electrons. The average Bonchev–Trinajstić information content (AvgIpc) is 2.02. The van der Waals surface area contributed by atoms with Crippen LogP contribution in [0.25, 0.3) is 0 Å². The van der Waals surface area contributed by atoms with E-state index < -0.39 is 0 Å². The lowest BCUT2D eigenvalue weighted by molar-refractivity contribution is -0.104. The molecule has 1 atom stereocenters. The summed E-state index contributed by atoms with van der Waals surface area (Å²) in [7, 11) is 0. The summed E-state index contributed by atoms with van der Waals surface area (Å²) in [5, 5.41) is 0. The van der Waals surface area contributed by atoms with Crippen molar-refractivity contribution in [1.29, 1.82) is 0 Å². The summed E-state index contributed by atoms with van der Waals surface area (Å²) in [6.45, 7) is 9.09. The largest absolute Gasteiger partial charge is 0.299 e. The normalized spacial score (nSPS) is 29.5. The highest BCUT2D eigenvalue weighted by Crippen LogP contribution is 2.43. The van der Waals surface area contributed by atoms with Crippen LogP contribution in [0, 0.1) is 17.3 Å². The van der Waals surface area contributed by atoms with Gasteiger partial charge < -0.3 is 0 Å². The molecule has 0 aromatic heterocycles. The second kappa shape index (κ2) is 4.29. The maximum atomic E-state index is 10.6. The highest BCUT2D eigenvalue weighted by Gasteiger charge is 2.31. The number of allylic oxidation sites excluding steroid dienone is 2. The molecule has 0 aromatic rings. The molecule has 0 amide bonds. The van der Waals surface area contributed by atoms with Crippen LogP contribution in [-0.2, 0) is 4.79 Å². The van der Waals surface area contributed by atoms with Crippen molar-refractivity contribution in [3.8, 4) is 0 Å². The lowest BCUT2D eigenvalue weighted by atomic mass is 9.67. The van der Waals surface area contributed by atoms with E-state index >= 15 is 0 Å². The Morgan fingerprint density at radius 3 is 2.57 bits per heavy atom. The Balaban J connectivity index is 2.81. The summed E-state index contributed by atoms with van der Waals surface area (Å²) < 4.78 is 0. The summed E-state index contributed by atoms with van der Waals surface area (Å²) in [4.78, 5) is 10.6. The first-order valence-corrected chi connectivity index (χ1v) is 5.60. The summed E-state index contributed by atoms with van der Waals surface area (Å²) in [6, 6.07) is 0.